The van der Waals surface area contributed by atoms with Crippen molar-refractivity contribution in [3.8, 4) is 0 Å². The number of nitrogens with zero attached hydrogens (tertiary/aromatic N) is 1. The van der Waals surface area contributed by atoms with Crippen molar-refractivity contribution >= 4 is 51.8 Å². The van der Waals surface area contributed by atoms with Gasteiger partial charge in [0, 0.05) is 51.4 Å². The van der Waals surface area contributed by atoms with E-state index in [1.165, 1.54) is 12.0 Å². The third kappa shape index (κ3) is 19.8. The largest absolute Gasteiger partial charge is 0.460 e. The average Bonchev–Trinajstić information content (AvgIpc) is 2.33. The van der Waals surface area contributed by atoms with Gasteiger partial charge in [-0.1, -0.05) is 71.1 Å². The molecular formula is C64H105NO16Si2. The fourth-order valence-electron chi connectivity index (χ4n) is 12.2. The summed E-state index contributed by atoms with van der Waals surface area (Å²) in [6.07, 6.45) is 12.1. The van der Waals surface area contributed by atoms with Gasteiger partial charge in [0.2, 0.25) is 5.79 Å². The molecule has 0 spiro atoms. The van der Waals surface area contributed by atoms with E-state index in [4.69, 9.17) is 42.0 Å². The second-order valence-corrected chi connectivity index (χ2v) is 36.6. The molecule has 1 amide bonds. The number of carbonyl (C=O) groups excluding carboxylic acids is 6. The first kappa shape index (κ1) is 70.3. The molecule has 2 bridgehead atoms. The maximum atomic E-state index is 14.9. The molecule has 4 heterocycles. The van der Waals surface area contributed by atoms with Crippen molar-refractivity contribution < 1.29 is 75.9 Å². The van der Waals surface area contributed by atoms with E-state index in [0.29, 0.717) is 69.8 Å². The highest BCUT2D eigenvalue weighted by Crippen LogP contribution is 2.40. The first-order chi connectivity index (χ1) is 38.6. The molecule has 5 rings (SSSR count). The van der Waals surface area contributed by atoms with Crippen LogP contribution in [0.2, 0.25) is 39.3 Å². The molecule has 0 unspecified atom stereocenters. The Balaban J connectivity index is 1.51. The zero-order valence-electron chi connectivity index (χ0n) is 53.7. The van der Waals surface area contributed by atoms with Gasteiger partial charge < -0.3 is 52.0 Å². The van der Waals surface area contributed by atoms with Gasteiger partial charge in [0.1, 0.15) is 35.6 Å². The number of ether oxygens (including phenoxy) is 7. The highest BCUT2D eigenvalue weighted by atomic mass is 28.4. The SMILES string of the molecule is CO[C@H]1C[C@@H]2CC[C@@H](C)[C@@](O)(O2)C(=O)C(=O)N2CCCC[C@H]2C(=O)O[C@H]([C@H](C)C[C@@H]2CC[C@@H](OC(=O)C3(C)COC(C)(C)OC3)[C@H](O[Si](C)(C)C)C2)CC(=O)[C@H](C)/C=C(\C)[C@@H](O[Si](C)(C)C)[C@@H](OC)C(=O)[C@H](C)C[C@H](C)/C=C/C=C/C=C/1C. The van der Waals surface area contributed by atoms with Crippen LogP contribution in [0.5, 0.6) is 0 Å². The van der Waals surface area contributed by atoms with Crippen molar-refractivity contribution in [3.63, 3.8) is 0 Å². The Hall–Kier alpha value is -3.51. The molecule has 470 valence electrons. The molecule has 83 heavy (non-hydrogen) atoms. The van der Waals surface area contributed by atoms with Crippen molar-refractivity contribution in [3.05, 3.63) is 47.6 Å². The Bertz CT molecular complexity index is 2360. The Morgan fingerprint density at radius 2 is 1.45 bits per heavy atom. The number of piperidine rings is 1. The molecule has 4 aliphatic heterocycles. The Morgan fingerprint density at radius 3 is 2.07 bits per heavy atom. The molecule has 17 nitrogen and oxygen atoms in total. The zero-order valence-corrected chi connectivity index (χ0v) is 55.7. The third-order valence-electron chi connectivity index (χ3n) is 17.3. The second kappa shape index (κ2) is 29.9. The van der Waals surface area contributed by atoms with Crippen LogP contribution in [0.15, 0.2) is 47.6 Å². The molecule has 5 aliphatic rings. The number of methoxy groups -OCH3 is 2. The number of hydrogen-bond acceptors (Lipinski definition) is 16. The Morgan fingerprint density at radius 1 is 0.783 bits per heavy atom. The average molecular weight is 1200 g/mol. The van der Waals surface area contributed by atoms with Gasteiger partial charge in [-0.15, -0.1) is 0 Å². The summed E-state index contributed by atoms with van der Waals surface area (Å²) in [5.41, 5.74) is 0.556. The minimum absolute atomic E-state index is 0.0229. The summed E-state index contributed by atoms with van der Waals surface area (Å²) in [6.45, 7) is 31.4. The highest BCUT2D eigenvalue weighted by molar-refractivity contribution is 6.70. The van der Waals surface area contributed by atoms with E-state index in [2.05, 4.69) is 26.6 Å². The summed E-state index contributed by atoms with van der Waals surface area (Å²) in [5.74, 6) is -9.08. The summed E-state index contributed by atoms with van der Waals surface area (Å²) < 4.78 is 56.3. The monoisotopic (exact) mass is 1200 g/mol. The zero-order chi connectivity index (χ0) is 62.0. The van der Waals surface area contributed by atoms with E-state index in [1.807, 2.05) is 97.6 Å². The molecule has 0 aromatic heterocycles. The first-order valence-corrected chi connectivity index (χ1v) is 37.5. The molecular weight excluding hydrogens is 1090 g/mol. The van der Waals surface area contributed by atoms with Crippen LogP contribution in [-0.4, -0.2) is 156 Å². The van der Waals surface area contributed by atoms with Gasteiger partial charge in [0.05, 0.1) is 37.6 Å². The number of fused-ring (bicyclic) bond motifs is 3. The lowest BCUT2D eigenvalue weighted by atomic mass is 9.78. The van der Waals surface area contributed by atoms with E-state index >= 15 is 0 Å². The molecule has 1 N–H and O–H groups in total. The molecule has 0 aromatic carbocycles. The predicted octanol–water partition coefficient (Wildman–Crippen LogP) is 10.6. The van der Waals surface area contributed by atoms with Crippen LogP contribution in [0.3, 0.4) is 0 Å². The molecule has 1 saturated carbocycles. The maximum absolute atomic E-state index is 14.9. The van der Waals surface area contributed by atoms with Gasteiger partial charge in [-0.2, -0.15) is 0 Å². The number of aliphatic hydroxyl groups is 1. The van der Waals surface area contributed by atoms with E-state index in [9.17, 15) is 33.9 Å². The number of cyclic esters (lactones) is 1. The van der Waals surface area contributed by atoms with E-state index in [1.54, 1.807) is 27.9 Å². The van der Waals surface area contributed by atoms with Gasteiger partial charge in [-0.25, -0.2) is 4.79 Å². The molecule has 0 radical (unpaired) electrons. The number of allylic oxidation sites excluding steroid dienone is 6. The third-order valence-corrected chi connectivity index (χ3v) is 19.3. The highest BCUT2D eigenvalue weighted by Gasteiger charge is 2.54. The number of amides is 1. The molecule has 3 saturated heterocycles. The first-order valence-electron chi connectivity index (χ1n) is 30.7. The lowest BCUT2D eigenvalue weighted by Crippen LogP contribution is -2.61. The van der Waals surface area contributed by atoms with Crippen molar-refractivity contribution in [2.75, 3.05) is 34.0 Å². The fraction of sp³-hybridized carbons (Fsp3) is 0.781. The standard InChI is InChI=1S/C64H105NO16Si2/c1-40-24-20-19-21-25-41(2)52(73-11)36-48-29-27-46(7)64(72,79-48)58(68)59(69)65-31-23-22-26-49(65)60(70)77-53(37-50(66)42(3)33-45(6)56(81-83(16,17)18)57(74-12)55(67)44(5)32-40)43(4)34-47-28-30-51(54(35-47)80-82(13,14)15)78-61(71)63(10)38-75-62(8,9)76-39-63/h19-21,24-25,33,40,42-44,46-49,51-54,56-57,72H,22-23,26-32,34-39H2,1-18H3/b21-19+,24-20+,41-25+,45-33+/t40-,42-,43-,44-,46-,47+,48+,49+,51-,52+,53+,54-,56-,57+,64-/m1/s1. The van der Waals surface area contributed by atoms with Crippen molar-refractivity contribution in [2.45, 2.75) is 246 Å². The number of esters is 2. The predicted molar refractivity (Wildman–Crippen MR) is 323 cm³/mol. The van der Waals surface area contributed by atoms with E-state index in [-0.39, 0.29) is 61.9 Å². The number of ketones is 3. The maximum Gasteiger partial charge on any atom is 0.329 e. The van der Waals surface area contributed by atoms with E-state index < -0.39 is 124 Å². The minimum atomic E-state index is -2.46. The Labute approximate surface area is 498 Å². The van der Waals surface area contributed by atoms with Crippen LogP contribution < -0.4 is 0 Å². The summed E-state index contributed by atoms with van der Waals surface area (Å²) in [5, 5.41) is 12.2. The summed E-state index contributed by atoms with van der Waals surface area (Å²) in [4.78, 5) is 88.3. The van der Waals surface area contributed by atoms with E-state index in [0.717, 1.165) is 5.57 Å². The smallest absolute Gasteiger partial charge is 0.329 e. The van der Waals surface area contributed by atoms with Gasteiger partial charge in [0.15, 0.2) is 28.2 Å². The quantitative estimate of drug-likeness (QED) is 0.0883. The van der Waals surface area contributed by atoms with Gasteiger partial charge in [-0.3, -0.25) is 24.0 Å². The van der Waals surface area contributed by atoms with Crippen molar-refractivity contribution in [1.29, 1.82) is 0 Å². The van der Waals surface area contributed by atoms with Crippen molar-refractivity contribution in [1.82, 2.24) is 4.90 Å². The fourth-order valence-corrected chi connectivity index (χ4v) is 14.5. The van der Waals surface area contributed by atoms with Crippen LogP contribution in [0, 0.1) is 40.9 Å². The van der Waals surface area contributed by atoms with Crippen molar-refractivity contribution in [2.24, 2.45) is 40.9 Å². The Kier molecular flexibility index (Phi) is 25.3. The normalized spacial score (nSPS) is 37.0. The lowest BCUT2D eigenvalue weighted by Gasteiger charge is -2.43. The molecule has 0 aromatic rings. The summed E-state index contributed by atoms with van der Waals surface area (Å²) in [6, 6.07) is -1.17. The molecule has 1 aliphatic carbocycles. The number of Topliss-reactive ketones (excluding diaryl/α,β-unsaturated/α-hetero) is 3. The lowest BCUT2D eigenvalue weighted by molar-refractivity contribution is -0.283. The molecule has 15 atom stereocenters. The van der Waals surface area contributed by atoms with Gasteiger partial charge >= 0.3 is 11.9 Å². The number of hydrogen-bond donors (Lipinski definition) is 1. The summed E-state index contributed by atoms with van der Waals surface area (Å²) >= 11 is 0. The van der Waals surface area contributed by atoms with Crippen LogP contribution in [-0.2, 0) is 70.8 Å². The van der Waals surface area contributed by atoms with Crippen LogP contribution in [0.4, 0.5) is 0 Å². The molecule has 4 fully saturated rings. The second-order valence-electron chi connectivity index (χ2n) is 27.7. The van der Waals surface area contributed by atoms with Crippen LogP contribution in [0.25, 0.3) is 0 Å². The van der Waals surface area contributed by atoms with Gasteiger partial charge in [-0.05, 0) is 167 Å². The number of carbonyl (C=O) groups is 6. The number of rotatable bonds is 11. The van der Waals surface area contributed by atoms with Gasteiger partial charge in [0.25, 0.3) is 11.7 Å². The van der Waals surface area contributed by atoms with Crippen LogP contribution in [0.1, 0.15) is 146 Å². The molecule has 19 heteroatoms. The summed E-state index contributed by atoms with van der Waals surface area (Å²) in [7, 11) is -1.43. The topological polar surface area (TPSA) is 209 Å². The minimum Gasteiger partial charge on any atom is -0.460 e. The van der Waals surface area contributed by atoms with Crippen LogP contribution >= 0.6 is 0 Å².